The Morgan fingerprint density at radius 3 is 2.68 bits per heavy atom. The summed E-state index contributed by atoms with van der Waals surface area (Å²) in [4.78, 5) is 23.9. The Hall–Kier alpha value is -2.07. The molecule has 22 heavy (non-hydrogen) atoms. The van der Waals surface area contributed by atoms with Gasteiger partial charge >= 0.3 is 0 Å². The molecule has 0 radical (unpaired) electrons. The number of nitrogens with zero attached hydrogens (tertiary/aromatic N) is 2. The highest BCUT2D eigenvalue weighted by Gasteiger charge is 2.23. The van der Waals surface area contributed by atoms with Crippen LogP contribution in [0.5, 0.6) is 0 Å². The summed E-state index contributed by atoms with van der Waals surface area (Å²) in [5.41, 5.74) is 3.72. The Labute approximate surface area is 133 Å². The first kappa shape index (κ1) is 13.6. The maximum atomic E-state index is 12.9. The van der Waals surface area contributed by atoms with Crippen molar-refractivity contribution in [2.75, 3.05) is 0 Å². The molecular weight excluding hydrogens is 292 g/mol. The van der Waals surface area contributed by atoms with Crippen LogP contribution in [0.25, 0.3) is 10.2 Å². The van der Waals surface area contributed by atoms with E-state index in [2.05, 4.69) is 9.97 Å². The van der Waals surface area contributed by atoms with Gasteiger partial charge in [-0.05, 0) is 38.2 Å². The lowest BCUT2D eigenvalue weighted by atomic mass is 9.94. The monoisotopic (exact) mass is 308 g/mol. The van der Waals surface area contributed by atoms with Gasteiger partial charge in [-0.1, -0.05) is 29.8 Å². The molecule has 0 aliphatic heterocycles. The average molecular weight is 308 g/mol. The van der Waals surface area contributed by atoms with Gasteiger partial charge < -0.3 is 0 Å². The van der Waals surface area contributed by atoms with Gasteiger partial charge in [0, 0.05) is 15.8 Å². The second-order valence-corrected chi connectivity index (χ2v) is 6.89. The Morgan fingerprint density at radius 1 is 1.09 bits per heavy atom. The lowest BCUT2D eigenvalue weighted by Gasteiger charge is -2.11. The van der Waals surface area contributed by atoms with Gasteiger partial charge in [0.05, 0.1) is 0 Å². The third-order valence-corrected chi connectivity index (χ3v) is 5.48. The largest absolute Gasteiger partial charge is 0.287 e. The molecule has 4 heteroatoms. The lowest BCUT2D eigenvalue weighted by molar-refractivity contribution is 0.103. The molecule has 0 saturated heterocycles. The smallest absolute Gasteiger partial charge is 0.212 e. The van der Waals surface area contributed by atoms with Gasteiger partial charge in [-0.2, -0.15) is 0 Å². The Bertz CT molecular complexity index is 865. The van der Waals surface area contributed by atoms with Crippen molar-refractivity contribution in [3.05, 3.63) is 57.9 Å². The van der Waals surface area contributed by atoms with E-state index in [4.69, 9.17) is 0 Å². The third-order valence-electron chi connectivity index (χ3n) is 4.28. The number of aryl methyl sites for hydroxylation is 3. The Kier molecular flexibility index (Phi) is 3.26. The van der Waals surface area contributed by atoms with E-state index in [-0.39, 0.29) is 5.78 Å². The number of rotatable bonds is 2. The molecule has 1 aliphatic rings. The molecule has 1 aromatic carbocycles. The van der Waals surface area contributed by atoms with Gasteiger partial charge in [0.15, 0.2) is 0 Å². The molecule has 0 bridgehead atoms. The standard InChI is InChI=1S/C18H16N2OS/c1-11-6-8-12(9-7-11)17(21)16-15-13-4-2-3-5-14(13)22-18(15)20-10-19-16/h6-10H,2-5H2,1H3. The number of aromatic nitrogens is 2. The van der Waals surface area contributed by atoms with Crippen LogP contribution in [0.2, 0.25) is 0 Å². The Morgan fingerprint density at radius 2 is 1.86 bits per heavy atom. The number of benzene rings is 1. The zero-order chi connectivity index (χ0) is 15.1. The number of carbonyl (C=O) groups excluding carboxylic acids is 1. The summed E-state index contributed by atoms with van der Waals surface area (Å²) in [5, 5.41) is 0.993. The minimum absolute atomic E-state index is 0.00132. The summed E-state index contributed by atoms with van der Waals surface area (Å²) in [7, 11) is 0. The number of hydrogen-bond donors (Lipinski definition) is 0. The predicted molar refractivity (Wildman–Crippen MR) is 88.7 cm³/mol. The van der Waals surface area contributed by atoms with Crippen molar-refractivity contribution in [1.82, 2.24) is 9.97 Å². The van der Waals surface area contributed by atoms with Gasteiger partial charge in [-0.25, -0.2) is 9.97 Å². The van der Waals surface area contributed by atoms with Crippen molar-refractivity contribution >= 4 is 27.3 Å². The predicted octanol–water partition coefficient (Wildman–Crippen LogP) is 4.11. The molecule has 0 saturated carbocycles. The van der Waals surface area contributed by atoms with Gasteiger partial charge in [0.2, 0.25) is 5.78 Å². The molecule has 110 valence electrons. The first-order valence-electron chi connectivity index (χ1n) is 7.60. The maximum Gasteiger partial charge on any atom is 0.212 e. The molecule has 0 unspecified atom stereocenters. The average Bonchev–Trinajstić information content (AvgIpc) is 2.93. The fourth-order valence-corrected chi connectivity index (χ4v) is 4.33. The Balaban J connectivity index is 1.89. The van der Waals surface area contributed by atoms with Crippen molar-refractivity contribution < 1.29 is 4.79 Å². The highest BCUT2D eigenvalue weighted by molar-refractivity contribution is 7.18. The summed E-state index contributed by atoms with van der Waals surface area (Å²) in [5.74, 6) is -0.00132. The lowest BCUT2D eigenvalue weighted by Crippen LogP contribution is -2.07. The fraction of sp³-hybridized carbons (Fsp3) is 0.278. The first-order valence-corrected chi connectivity index (χ1v) is 8.42. The summed E-state index contributed by atoms with van der Waals surface area (Å²) in [6.45, 7) is 2.02. The first-order chi connectivity index (χ1) is 10.7. The molecule has 2 aromatic heterocycles. The maximum absolute atomic E-state index is 12.9. The van der Waals surface area contributed by atoms with Gasteiger partial charge in [-0.15, -0.1) is 11.3 Å². The van der Waals surface area contributed by atoms with E-state index in [1.165, 1.54) is 29.6 Å². The summed E-state index contributed by atoms with van der Waals surface area (Å²) < 4.78 is 0. The molecule has 0 fully saturated rings. The minimum atomic E-state index is -0.00132. The van der Waals surface area contributed by atoms with Crippen LogP contribution in [0, 0.1) is 6.92 Å². The third kappa shape index (κ3) is 2.15. The highest BCUT2D eigenvalue weighted by atomic mass is 32.1. The van der Waals surface area contributed by atoms with Crippen LogP contribution in [0.4, 0.5) is 0 Å². The van der Waals surface area contributed by atoms with E-state index in [0.29, 0.717) is 11.3 Å². The number of fused-ring (bicyclic) bond motifs is 3. The van der Waals surface area contributed by atoms with Crippen LogP contribution >= 0.6 is 11.3 Å². The van der Waals surface area contributed by atoms with Crippen molar-refractivity contribution in [2.24, 2.45) is 0 Å². The molecular formula is C18H16N2OS. The second kappa shape index (κ2) is 5.29. The zero-order valence-corrected chi connectivity index (χ0v) is 13.2. The van der Waals surface area contributed by atoms with Gasteiger partial charge in [0.1, 0.15) is 16.9 Å². The van der Waals surface area contributed by atoms with E-state index >= 15 is 0 Å². The number of thiophene rings is 1. The molecule has 0 N–H and O–H groups in total. The molecule has 0 spiro atoms. The van der Waals surface area contributed by atoms with Crippen LogP contribution in [0.3, 0.4) is 0 Å². The highest BCUT2D eigenvalue weighted by Crippen LogP contribution is 2.36. The zero-order valence-electron chi connectivity index (χ0n) is 12.4. The summed E-state index contributed by atoms with van der Waals surface area (Å²) >= 11 is 1.73. The van der Waals surface area contributed by atoms with E-state index < -0.39 is 0 Å². The molecule has 2 heterocycles. The SMILES string of the molecule is Cc1ccc(C(=O)c2ncnc3sc4c(c23)CCCC4)cc1. The van der Waals surface area contributed by atoms with E-state index in [1.54, 1.807) is 11.3 Å². The molecule has 4 rings (SSSR count). The number of hydrogen-bond acceptors (Lipinski definition) is 4. The van der Waals surface area contributed by atoms with E-state index in [0.717, 1.165) is 28.6 Å². The van der Waals surface area contributed by atoms with E-state index in [9.17, 15) is 4.79 Å². The van der Waals surface area contributed by atoms with Crippen LogP contribution in [-0.2, 0) is 12.8 Å². The van der Waals surface area contributed by atoms with E-state index in [1.807, 2.05) is 31.2 Å². The second-order valence-electron chi connectivity index (χ2n) is 5.81. The van der Waals surface area contributed by atoms with Gasteiger partial charge in [0.25, 0.3) is 0 Å². The molecule has 0 atom stereocenters. The number of carbonyl (C=O) groups is 1. The summed E-state index contributed by atoms with van der Waals surface area (Å²) in [6, 6.07) is 7.69. The minimum Gasteiger partial charge on any atom is -0.287 e. The quantitative estimate of drug-likeness (QED) is 0.669. The molecule has 1 aliphatic carbocycles. The topological polar surface area (TPSA) is 42.9 Å². The van der Waals surface area contributed by atoms with Crippen molar-refractivity contribution in [3.8, 4) is 0 Å². The number of ketones is 1. The molecule has 0 amide bonds. The van der Waals surface area contributed by atoms with Crippen molar-refractivity contribution in [1.29, 1.82) is 0 Å². The molecule has 3 aromatic rings. The van der Waals surface area contributed by atoms with Crippen LogP contribution < -0.4 is 0 Å². The fourth-order valence-electron chi connectivity index (χ4n) is 3.10. The van der Waals surface area contributed by atoms with Crippen LogP contribution in [0.15, 0.2) is 30.6 Å². The van der Waals surface area contributed by atoms with Crippen LogP contribution in [-0.4, -0.2) is 15.8 Å². The van der Waals surface area contributed by atoms with Crippen LogP contribution in [0.1, 0.15) is 44.9 Å². The van der Waals surface area contributed by atoms with Crippen molar-refractivity contribution in [2.45, 2.75) is 32.6 Å². The molecule has 3 nitrogen and oxygen atoms in total. The van der Waals surface area contributed by atoms with Gasteiger partial charge in [-0.3, -0.25) is 4.79 Å². The van der Waals surface area contributed by atoms with Crippen molar-refractivity contribution in [3.63, 3.8) is 0 Å². The normalized spacial score (nSPS) is 14.0. The summed E-state index contributed by atoms with van der Waals surface area (Å²) in [6.07, 6.45) is 6.08.